The molecular formula is C32H31F3N2O9. The van der Waals surface area contributed by atoms with Crippen LogP contribution in [0, 0.1) is 5.41 Å². The molecule has 4 fully saturated rings. The maximum Gasteiger partial charge on any atom is 0.422 e. The number of esters is 2. The monoisotopic (exact) mass is 644 g/mol. The van der Waals surface area contributed by atoms with Crippen molar-refractivity contribution >= 4 is 23.9 Å². The molecule has 2 aromatic rings. The number of ether oxygens (including phenoxy) is 4. The maximum absolute atomic E-state index is 14.0. The van der Waals surface area contributed by atoms with Gasteiger partial charge in [-0.25, -0.2) is 4.79 Å². The molecule has 1 spiro atoms. The molecule has 46 heavy (non-hydrogen) atoms. The number of carbonyl (C=O) groups excluding carboxylic acids is 3. The summed E-state index contributed by atoms with van der Waals surface area (Å²) in [4.78, 5) is 46.1. The van der Waals surface area contributed by atoms with Gasteiger partial charge in [0.25, 0.3) is 0 Å². The molecule has 6 atom stereocenters. The van der Waals surface area contributed by atoms with Gasteiger partial charge in [-0.15, -0.1) is 0 Å². The van der Waals surface area contributed by atoms with Crippen molar-refractivity contribution in [1.82, 2.24) is 10.4 Å². The summed E-state index contributed by atoms with van der Waals surface area (Å²) >= 11 is 0. The highest BCUT2D eigenvalue weighted by Crippen LogP contribution is 2.58. The highest BCUT2D eigenvalue weighted by Gasteiger charge is 2.76. The number of hydroxylamine groups is 2. The van der Waals surface area contributed by atoms with E-state index in [0.29, 0.717) is 24.0 Å². The molecule has 3 heterocycles. The fraction of sp³-hybridized carbons (Fsp3) is 0.469. The number of rotatable bonds is 8. The minimum absolute atomic E-state index is 0.0392. The first-order chi connectivity index (χ1) is 22.0. The van der Waals surface area contributed by atoms with Crippen molar-refractivity contribution in [3.8, 4) is 0 Å². The minimum atomic E-state index is -4.66. The number of hydrogen-bond donors (Lipinski definition) is 2. The van der Waals surface area contributed by atoms with Crippen LogP contribution in [0.15, 0.2) is 54.6 Å². The molecule has 1 saturated carbocycles. The van der Waals surface area contributed by atoms with Gasteiger partial charge in [-0.05, 0) is 28.3 Å². The zero-order valence-electron chi connectivity index (χ0n) is 24.4. The summed E-state index contributed by atoms with van der Waals surface area (Å²) in [6.07, 6.45) is -4.62. The molecule has 0 radical (unpaired) electrons. The molecule has 2 bridgehead atoms. The second-order valence-electron chi connectivity index (χ2n) is 12.2. The molecule has 1 amide bonds. The Hall–Kier alpha value is -3.82. The van der Waals surface area contributed by atoms with Crippen LogP contribution in [0.2, 0.25) is 0 Å². The van der Waals surface area contributed by atoms with E-state index >= 15 is 0 Å². The average molecular weight is 645 g/mol. The summed E-state index contributed by atoms with van der Waals surface area (Å²) in [5.41, 5.74) is 1.71. The van der Waals surface area contributed by atoms with Gasteiger partial charge in [-0.1, -0.05) is 48.5 Å². The molecule has 11 nitrogen and oxygen atoms in total. The van der Waals surface area contributed by atoms with Crippen LogP contribution in [0.25, 0.3) is 6.08 Å². The third-order valence-electron chi connectivity index (χ3n) is 9.27. The number of aliphatic hydroxyl groups excluding tert-OH is 1. The largest absolute Gasteiger partial charge is 0.458 e. The van der Waals surface area contributed by atoms with Gasteiger partial charge in [0.15, 0.2) is 18.4 Å². The predicted molar refractivity (Wildman–Crippen MR) is 150 cm³/mol. The van der Waals surface area contributed by atoms with Crippen LogP contribution < -0.4 is 5.32 Å². The molecule has 2 aromatic carbocycles. The van der Waals surface area contributed by atoms with Crippen molar-refractivity contribution in [2.45, 2.75) is 68.2 Å². The number of carbonyl (C=O) groups is 3. The van der Waals surface area contributed by atoms with E-state index in [2.05, 4.69) is 10.1 Å². The number of aliphatic hydroxyl groups is 1. The van der Waals surface area contributed by atoms with E-state index in [1.165, 1.54) is 11.1 Å². The zero-order chi connectivity index (χ0) is 32.3. The van der Waals surface area contributed by atoms with Crippen LogP contribution in [-0.2, 0) is 57.6 Å². The van der Waals surface area contributed by atoms with Gasteiger partial charge < -0.3 is 29.4 Å². The summed E-state index contributed by atoms with van der Waals surface area (Å²) in [5, 5.41) is 13.6. The van der Waals surface area contributed by atoms with Crippen LogP contribution in [0.4, 0.5) is 13.2 Å². The van der Waals surface area contributed by atoms with Gasteiger partial charge in [0.2, 0.25) is 5.91 Å². The Morgan fingerprint density at radius 1 is 1.07 bits per heavy atom. The van der Waals surface area contributed by atoms with E-state index in [9.17, 15) is 32.7 Å². The zero-order valence-corrected chi connectivity index (χ0v) is 24.4. The Labute approximate surface area is 261 Å². The summed E-state index contributed by atoms with van der Waals surface area (Å²) in [7, 11) is 0. The quantitative estimate of drug-likeness (QED) is 0.325. The smallest absolute Gasteiger partial charge is 0.422 e. The second-order valence-corrected chi connectivity index (χ2v) is 12.2. The molecule has 0 aromatic heterocycles. The minimum Gasteiger partial charge on any atom is -0.458 e. The number of nitrogens with zero attached hydrogens (tertiary/aromatic N) is 1. The molecule has 2 N–H and O–H groups in total. The van der Waals surface area contributed by atoms with Gasteiger partial charge in [-0.3, -0.25) is 14.4 Å². The SMILES string of the molecule is O=C(C=Cc1ccccc1CN1OC2C3OC4(Cc5ccccc5C4)OC3C3CC2(C(=O)NCCO)C1C(=O)O3)OCC(F)(F)F. The lowest BCUT2D eigenvalue weighted by atomic mass is 9.62. The van der Waals surface area contributed by atoms with Crippen LogP contribution >= 0.6 is 0 Å². The third-order valence-corrected chi connectivity index (χ3v) is 9.27. The van der Waals surface area contributed by atoms with E-state index in [4.69, 9.17) is 19.0 Å². The van der Waals surface area contributed by atoms with Crippen molar-refractivity contribution in [3.63, 3.8) is 0 Å². The van der Waals surface area contributed by atoms with Crippen molar-refractivity contribution < 1.29 is 56.4 Å². The number of benzene rings is 2. The van der Waals surface area contributed by atoms with E-state index in [-0.39, 0.29) is 26.1 Å². The predicted octanol–water partition coefficient (Wildman–Crippen LogP) is 1.99. The molecule has 5 aliphatic rings. The van der Waals surface area contributed by atoms with Crippen molar-refractivity contribution in [3.05, 3.63) is 76.9 Å². The standard InChI is InChI=1S/C32H31F3N2O9/c33-32(34,35)17-42-23(39)10-9-18-5-1-4-8-21(18)16-37-26-28(40)43-22-15-31(26,29(41)36-11-12-38)27(46-37)25-24(22)44-30(45-25)13-19-6-2-3-7-20(19)14-30/h1-10,22,24-27,38H,11-17H2,(H,36,41). The van der Waals surface area contributed by atoms with Crippen LogP contribution in [0.1, 0.15) is 28.7 Å². The number of alkyl halides is 3. The Balaban J connectivity index is 1.19. The molecule has 3 aliphatic heterocycles. The summed E-state index contributed by atoms with van der Waals surface area (Å²) in [6, 6.07) is 13.4. The Morgan fingerprint density at radius 2 is 1.76 bits per heavy atom. The van der Waals surface area contributed by atoms with E-state index in [1.54, 1.807) is 24.3 Å². The van der Waals surface area contributed by atoms with Crippen molar-refractivity contribution in [1.29, 1.82) is 0 Å². The molecule has 14 heteroatoms. The lowest BCUT2D eigenvalue weighted by molar-refractivity contribution is -0.217. The molecule has 3 saturated heterocycles. The fourth-order valence-corrected chi connectivity index (χ4v) is 7.46. The third kappa shape index (κ3) is 5.27. The summed E-state index contributed by atoms with van der Waals surface area (Å²) in [6.45, 7) is -2.12. The Kier molecular flexibility index (Phi) is 7.67. The number of hydrogen-bond acceptors (Lipinski definition) is 10. The van der Waals surface area contributed by atoms with Crippen LogP contribution in [0.5, 0.6) is 0 Å². The highest BCUT2D eigenvalue weighted by molar-refractivity contribution is 5.93. The summed E-state index contributed by atoms with van der Waals surface area (Å²) < 4.78 is 60.8. The molecule has 7 rings (SSSR count). The first kappa shape index (κ1) is 30.8. The molecule has 244 valence electrons. The van der Waals surface area contributed by atoms with Gasteiger partial charge >= 0.3 is 18.1 Å². The highest BCUT2D eigenvalue weighted by atomic mass is 19.4. The van der Waals surface area contributed by atoms with Crippen LogP contribution in [-0.4, -0.2) is 90.2 Å². The first-order valence-corrected chi connectivity index (χ1v) is 15.0. The van der Waals surface area contributed by atoms with Crippen LogP contribution in [0.3, 0.4) is 0 Å². The van der Waals surface area contributed by atoms with E-state index in [1.807, 2.05) is 24.3 Å². The Bertz CT molecular complexity index is 1560. The topological polar surface area (TPSA) is 133 Å². The lowest BCUT2D eigenvalue weighted by Gasteiger charge is -2.48. The van der Waals surface area contributed by atoms with E-state index in [0.717, 1.165) is 17.2 Å². The fourth-order valence-electron chi connectivity index (χ4n) is 7.46. The van der Waals surface area contributed by atoms with Gasteiger partial charge in [0, 0.05) is 31.9 Å². The number of amides is 1. The molecule has 2 aliphatic carbocycles. The summed E-state index contributed by atoms with van der Waals surface area (Å²) in [5.74, 6) is -3.36. The Morgan fingerprint density at radius 3 is 2.48 bits per heavy atom. The number of nitrogens with one attached hydrogen (secondary N) is 1. The maximum atomic E-state index is 14.0. The molecular weight excluding hydrogens is 613 g/mol. The van der Waals surface area contributed by atoms with E-state index < -0.39 is 72.3 Å². The normalized spacial score (nSPS) is 30.7. The number of fused-ring (bicyclic) bond motifs is 5. The van der Waals surface area contributed by atoms with Crippen molar-refractivity contribution in [2.75, 3.05) is 19.8 Å². The number of halogens is 3. The van der Waals surface area contributed by atoms with Gasteiger partial charge in [0.05, 0.1) is 13.2 Å². The van der Waals surface area contributed by atoms with Gasteiger partial charge in [-0.2, -0.15) is 18.2 Å². The van der Waals surface area contributed by atoms with Crippen molar-refractivity contribution in [2.24, 2.45) is 5.41 Å². The van der Waals surface area contributed by atoms with Gasteiger partial charge in [0.1, 0.15) is 29.8 Å². The molecule has 6 unspecified atom stereocenters. The second kappa shape index (κ2) is 11.5. The lowest BCUT2D eigenvalue weighted by Crippen LogP contribution is -2.69. The average Bonchev–Trinajstić information content (AvgIpc) is 3.69. The first-order valence-electron chi connectivity index (χ1n) is 15.0.